The molecule has 7 nitrogen and oxygen atoms in total. The monoisotopic (exact) mass is 377 g/mol. The SMILES string of the molecule is CCNC(=NCc1ccccc1CN(C)C)NCCNC(=O)OC(C)(C)C. The minimum atomic E-state index is -0.492. The molecule has 0 atom stereocenters. The lowest BCUT2D eigenvalue weighted by Gasteiger charge is -2.20. The number of benzene rings is 1. The molecular formula is C20H35N5O2. The molecule has 0 aromatic heterocycles. The molecule has 1 rings (SSSR count). The van der Waals surface area contributed by atoms with Crippen molar-refractivity contribution in [3.63, 3.8) is 0 Å². The molecule has 1 amide bonds. The fourth-order valence-electron chi connectivity index (χ4n) is 2.37. The van der Waals surface area contributed by atoms with Crippen LogP contribution < -0.4 is 16.0 Å². The molecule has 0 fully saturated rings. The molecule has 152 valence electrons. The van der Waals surface area contributed by atoms with E-state index in [0.717, 1.165) is 19.0 Å². The first-order chi connectivity index (χ1) is 12.7. The van der Waals surface area contributed by atoms with Crippen molar-refractivity contribution >= 4 is 12.1 Å². The van der Waals surface area contributed by atoms with E-state index in [1.165, 1.54) is 11.1 Å². The van der Waals surface area contributed by atoms with Gasteiger partial charge >= 0.3 is 6.09 Å². The van der Waals surface area contributed by atoms with Crippen LogP contribution in [0, 0.1) is 0 Å². The summed E-state index contributed by atoms with van der Waals surface area (Å²) in [5, 5.41) is 9.18. The molecule has 0 bridgehead atoms. The highest BCUT2D eigenvalue weighted by molar-refractivity contribution is 5.79. The number of carbonyl (C=O) groups is 1. The van der Waals surface area contributed by atoms with Gasteiger partial charge in [0.1, 0.15) is 5.60 Å². The van der Waals surface area contributed by atoms with E-state index in [1.807, 2.05) is 33.8 Å². The molecular weight excluding hydrogens is 342 g/mol. The van der Waals surface area contributed by atoms with Gasteiger partial charge in [-0.2, -0.15) is 0 Å². The Morgan fingerprint density at radius 2 is 1.70 bits per heavy atom. The molecule has 0 aliphatic heterocycles. The highest BCUT2D eigenvalue weighted by atomic mass is 16.6. The second kappa shape index (κ2) is 11.4. The highest BCUT2D eigenvalue weighted by Crippen LogP contribution is 2.11. The maximum Gasteiger partial charge on any atom is 0.407 e. The van der Waals surface area contributed by atoms with E-state index in [-0.39, 0.29) is 0 Å². The van der Waals surface area contributed by atoms with Crippen LogP contribution in [0.5, 0.6) is 0 Å². The maximum absolute atomic E-state index is 11.7. The Kier molecular flexibility index (Phi) is 9.64. The Labute approximate surface area is 163 Å². The Morgan fingerprint density at radius 1 is 1.07 bits per heavy atom. The minimum Gasteiger partial charge on any atom is -0.444 e. The normalized spacial score (nSPS) is 12.0. The lowest BCUT2D eigenvalue weighted by atomic mass is 10.1. The Hall–Kier alpha value is -2.28. The summed E-state index contributed by atoms with van der Waals surface area (Å²) in [4.78, 5) is 18.5. The third kappa shape index (κ3) is 10.5. The van der Waals surface area contributed by atoms with Gasteiger partial charge in [0.15, 0.2) is 5.96 Å². The van der Waals surface area contributed by atoms with Crippen LogP contribution in [0.1, 0.15) is 38.8 Å². The van der Waals surface area contributed by atoms with Crippen LogP contribution in [0.25, 0.3) is 0 Å². The fraction of sp³-hybridized carbons (Fsp3) is 0.600. The van der Waals surface area contributed by atoms with Crippen LogP contribution in [0.15, 0.2) is 29.3 Å². The zero-order valence-corrected chi connectivity index (χ0v) is 17.6. The minimum absolute atomic E-state index is 0.413. The third-order valence-electron chi connectivity index (χ3n) is 3.44. The van der Waals surface area contributed by atoms with Crippen molar-refractivity contribution in [2.75, 3.05) is 33.7 Å². The van der Waals surface area contributed by atoms with Gasteiger partial charge in [0.25, 0.3) is 0 Å². The number of rotatable bonds is 8. The molecule has 0 unspecified atom stereocenters. The molecule has 0 radical (unpaired) electrons. The molecule has 1 aromatic rings. The summed E-state index contributed by atoms with van der Waals surface area (Å²) in [5.74, 6) is 0.725. The summed E-state index contributed by atoms with van der Waals surface area (Å²) in [6.07, 6.45) is -0.413. The number of amides is 1. The van der Waals surface area contributed by atoms with Gasteiger partial charge in [0.2, 0.25) is 0 Å². The quantitative estimate of drug-likeness (QED) is 0.368. The number of hydrogen-bond acceptors (Lipinski definition) is 4. The number of nitrogens with zero attached hydrogens (tertiary/aromatic N) is 2. The second-order valence-electron chi connectivity index (χ2n) is 7.56. The van der Waals surface area contributed by atoms with E-state index in [2.05, 4.69) is 58.1 Å². The fourth-order valence-corrected chi connectivity index (χ4v) is 2.37. The van der Waals surface area contributed by atoms with E-state index < -0.39 is 11.7 Å². The van der Waals surface area contributed by atoms with Crippen molar-refractivity contribution in [2.45, 2.75) is 46.4 Å². The molecule has 3 N–H and O–H groups in total. The second-order valence-corrected chi connectivity index (χ2v) is 7.56. The predicted molar refractivity (Wildman–Crippen MR) is 111 cm³/mol. The van der Waals surface area contributed by atoms with Gasteiger partial charge in [0, 0.05) is 26.2 Å². The number of nitrogens with one attached hydrogen (secondary N) is 3. The van der Waals surface area contributed by atoms with E-state index in [9.17, 15) is 4.79 Å². The van der Waals surface area contributed by atoms with Gasteiger partial charge in [-0.1, -0.05) is 24.3 Å². The van der Waals surface area contributed by atoms with Gasteiger partial charge in [-0.3, -0.25) is 0 Å². The van der Waals surface area contributed by atoms with Gasteiger partial charge in [-0.05, 0) is 52.9 Å². The predicted octanol–water partition coefficient (Wildman–Crippen LogP) is 2.33. The summed E-state index contributed by atoms with van der Waals surface area (Å²) in [6, 6.07) is 8.33. The van der Waals surface area contributed by atoms with E-state index in [4.69, 9.17) is 4.74 Å². The van der Waals surface area contributed by atoms with Crippen LogP contribution in [0.3, 0.4) is 0 Å². The van der Waals surface area contributed by atoms with Gasteiger partial charge in [0.05, 0.1) is 6.54 Å². The molecule has 0 aliphatic carbocycles. The Bertz CT molecular complexity index is 609. The van der Waals surface area contributed by atoms with Crippen LogP contribution in [-0.4, -0.2) is 56.3 Å². The van der Waals surface area contributed by atoms with Crippen molar-refractivity contribution in [3.05, 3.63) is 35.4 Å². The zero-order valence-electron chi connectivity index (χ0n) is 17.6. The number of aliphatic imine (C=N–C) groups is 1. The van der Waals surface area contributed by atoms with Crippen LogP contribution in [0.4, 0.5) is 4.79 Å². The van der Waals surface area contributed by atoms with Gasteiger partial charge in [-0.25, -0.2) is 9.79 Å². The van der Waals surface area contributed by atoms with Crippen molar-refractivity contribution in [1.29, 1.82) is 0 Å². The first kappa shape index (κ1) is 22.8. The average Bonchev–Trinajstić information content (AvgIpc) is 2.55. The summed E-state index contributed by atoms with van der Waals surface area (Å²) in [6.45, 7) is 10.8. The van der Waals surface area contributed by atoms with Crippen LogP contribution >= 0.6 is 0 Å². The number of hydrogen-bond donors (Lipinski definition) is 3. The van der Waals surface area contributed by atoms with Crippen molar-refractivity contribution in [3.8, 4) is 0 Å². The first-order valence-corrected chi connectivity index (χ1v) is 9.42. The average molecular weight is 378 g/mol. The van der Waals surface area contributed by atoms with Gasteiger partial charge in [-0.15, -0.1) is 0 Å². The van der Waals surface area contributed by atoms with Gasteiger partial charge < -0.3 is 25.6 Å². The number of ether oxygens (including phenoxy) is 1. The number of carbonyl (C=O) groups excluding carboxylic acids is 1. The van der Waals surface area contributed by atoms with Crippen molar-refractivity contribution in [2.24, 2.45) is 4.99 Å². The zero-order chi connectivity index (χ0) is 20.3. The standard InChI is InChI=1S/C20H35N5O2/c1-7-21-18(22-12-13-23-19(26)27-20(2,3)4)24-14-16-10-8-9-11-17(16)15-25(5)6/h8-11H,7,12-15H2,1-6H3,(H,23,26)(H2,21,22,24). The molecule has 0 saturated heterocycles. The summed E-state index contributed by atoms with van der Waals surface area (Å²) in [5.41, 5.74) is 1.98. The van der Waals surface area contributed by atoms with E-state index in [1.54, 1.807) is 0 Å². The molecule has 0 aliphatic rings. The number of alkyl carbamates (subject to hydrolysis) is 1. The Balaban J connectivity index is 2.55. The Morgan fingerprint density at radius 3 is 2.30 bits per heavy atom. The number of guanidine groups is 1. The van der Waals surface area contributed by atoms with Crippen molar-refractivity contribution in [1.82, 2.24) is 20.9 Å². The summed E-state index contributed by atoms with van der Waals surface area (Å²) >= 11 is 0. The lowest BCUT2D eigenvalue weighted by Crippen LogP contribution is -2.42. The highest BCUT2D eigenvalue weighted by Gasteiger charge is 2.15. The molecule has 1 aromatic carbocycles. The lowest BCUT2D eigenvalue weighted by molar-refractivity contribution is 0.0529. The largest absolute Gasteiger partial charge is 0.444 e. The maximum atomic E-state index is 11.7. The molecule has 0 saturated carbocycles. The molecule has 7 heteroatoms. The molecule has 0 heterocycles. The van der Waals surface area contributed by atoms with Crippen LogP contribution in [0.2, 0.25) is 0 Å². The van der Waals surface area contributed by atoms with Crippen molar-refractivity contribution < 1.29 is 9.53 Å². The van der Waals surface area contributed by atoms with E-state index in [0.29, 0.717) is 19.6 Å². The van der Waals surface area contributed by atoms with Crippen LogP contribution in [-0.2, 0) is 17.8 Å². The topological polar surface area (TPSA) is 78.0 Å². The smallest absolute Gasteiger partial charge is 0.407 e. The molecule has 0 spiro atoms. The molecule has 27 heavy (non-hydrogen) atoms. The third-order valence-corrected chi connectivity index (χ3v) is 3.44. The summed E-state index contributed by atoms with van der Waals surface area (Å²) < 4.78 is 5.21. The summed E-state index contributed by atoms with van der Waals surface area (Å²) in [7, 11) is 4.12. The van der Waals surface area contributed by atoms with E-state index >= 15 is 0 Å². The first-order valence-electron chi connectivity index (χ1n) is 9.42.